The Labute approximate surface area is 121 Å². The molecular formula is C16H14F2OS. The minimum absolute atomic E-state index is 0.131. The topological polar surface area (TPSA) is 17.1 Å². The van der Waals surface area contributed by atoms with Crippen LogP contribution in [0.2, 0.25) is 0 Å². The first-order chi connectivity index (χ1) is 9.54. The van der Waals surface area contributed by atoms with Crippen LogP contribution in [0.1, 0.15) is 12.5 Å². The number of carbonyl (C=O) groups is 1. The molecule has 2 aromatic rings. The lowest BCUT2D eigenvalue weighted by Gasteiger charge is -2.05. The fourth-order valence-electron chi connectivity index (χ4n) is 1.93. The number of benzene rings is 2. The molecule has 0 unspecified atom stereocenters. The maximum atomic E-state index is 12.2. The summed E-state index contributed by atoms with van der Waals surface area (Å²) in [6.45, 7) is 1.56. The first kappa shape index (κ1) is 14.7. The summed E-state index contributed by atoms with van der Waals surface area (Å²) in [5.74, 6) is -2.27. The lowest BCUT2D eigenvalue weighted by molar-refractivity contribution is -0.116. The van der Waals surface area contributed by atoms with Crippen LogP contribution in [0.25, 0.3) is 11.1 Å². The number of hydrogen-bond donors (Lipinski definition) is 0. The summed E-state index contributed by atoms with van der Waals surface area (Å²) in [4.78, 5) is 11.6. The standard InChI is InChI=1S/C16H14F2OS/c1-11(19)10-12-2-4-13(5-3-12)14-6-8-15(9-7-14)20-16(17)18/h2-9,16H,10H2,1H3. The van der Waals surface area contributed by atoms with E-state index < -0.39 is 5.76 Å². The Balaban J connectivity index is 2.13. The molecule has 0 aliphatic carbocycles. The van der Waals surface area contributed by atoms with Gasteiger partial charge in [0.05, 0.1) is 0 Å². The lowest BCUT2D eigenvalue weighted by atomic mass is 10.0. The number of halogens is 2. The van der Waals surface area contributed by atoms with Gasteiger partial charge in [-0.05, 0) is 35.7 Å². The zero-order chi connectivity index (χ0) is 14.5. The largest absolute Gasteiger partial charge is 0.300 e. The Bertz CT molecular complexity index is 576. The molecule has 0 saturated heterocycles. The summed E-state index contributed by atoms with van der Waals surface area (Å²) in [6, 6.07) is 14.7. The molecule has 0 N–H and O–H groups in total. The van der Waals surface area contributed by atoms with Crippen LogP contribution in [-0.2, 0) is 11.2 Å². The SMILES string of the molecule is CC(=O)Cc1ccc(-c2ccc(SC(F)F)cc2)cc1. The van der Waals surface area contributed by atoms with Crippen LogP contribution >= 0.6 is 11.8 Å². The fraction of sp³-hybridized carbons (Fsp3) is 0.188. The minimum atomic E-state index is -2.40. The summed E-state index contributed by atoms with van der Waals surface area (Å²) < 4.78 is 24.5. The summed E-state index contributed by atoms with van der Waals surface area (Å²) in [7, 11) is 0. The van der Waals surface area contributed by atoms with Crippen LogP contribution in [0.5, 0.6) is 0 Å². The van der Waals surface area contributed by atoms with Crippen molar-refractivity contribution in [1.29, 1.82) is 0 Å². The second-order valence-electron chi connectivity index (χ2n) is 4.48. The molecule has 4 heteroatoms. The van der Waals surface area contributed by atoms with E-state index in [2.05, 4.69) is 0 Å². The van der Waals surface area contributed by atoms with E-state index in [1.807, 2.05) is 36.4 Å². The van der Waals surface area contributed by atoms with Gasteiger partial charge in [-0.2, -0.15) is 8.78 Å². The van der Waals surface area contributed by atoms with Crippen molar-refractivity contribution in [1.82, 2.24) is 0 Å². The van der Waals surface area contributed by atoms with Crippen molar-refractivity contribution in [3.63, 3.8) is 0 Å². The van der Waals surface area contributed by atoms with Crippen molar-refractivity contribution < 1.29 is 13.6 Å². The molecule has 0 fully saturated rings. The molecule has 1 nitrogen and oxygen atoms in total. The van der Waals surface area contributed by atoms with Gasteiger partial charge in [-0.25, -0.2) is 0 Å². The highest BCUT2D eigenvalue weighted by Gasteiger charge is 2.05. The van der Waals surface area contributed by atoms with E-state index >= 15 is 0 Å². The molecule has 0 bridgehead atoms. The molecule has 104 valence electrons. The van der Waals surface area contributed by atoms with Gasteiger partial charge >= 0.3 is 0 Å². The summed E-state index contributed by atoms with van der Waals surface area (Å²) in [5, 5.41) is 0. The van der Waals surface area contributed by atoms with Gasteiger partial charge in [-0.3, -0.25) is 4.79 Å². The van der Waals surface area contributed by atoms with Gasteiger partial charge in [0.2, 0.25) is 0 Å². The normalized spacial score (nSPS) is 10.8. The van der Waals surface area contributed by atoms with Gasteiger partial charge < -0.3 is 0 Å². The maximum Gasteiger partial charge on any atom is 0.288 e. The molecule has 20 heavy (non-hydrogen) atoms. The number of alkyl halides is 2. The number of hydrogen-bond acceptors (Lipinski definition) is 2. The van der Waals surface area contributed by atoms with Crippen molar-refractivity contribution in [3.05, 3.63) is 54.1 Å². The Hall–Kier alpha value is -1.68. The van der Waals surface area contributed by atoms with E-state index in [-0.39, 0.29) is 5.78 Å². The highest BCUT2D eigenvalue weighted by molar-refractivity contribution is 7.99. The van der Waals surface area contributed by atoms with Gasteiger partial charge in [-0.15, -0.1) is 0 Å². The molecular weight excluding hydrogens is 278 g/mol. The Morgan fingerprint density at radius 1 is 1.00 bits per heavy atom. The van der Waals surface area contributed by atoms with Crippen LogP contribution in [0.15, 0.2) is 53.4 Å². The summed E-state index contributed by atoms with van der Waals surface area (Å²) in [5.41, 5.74) is 2.95. The molecule has 0 aliphatic rings. The molecule has 0 aromatic heterocycles. The third kappa shape index (κ3) is 4.17. The Morgan fingerprint density at radius 2 is 1.50 bits per heavy atom. The highest BCUT2D eigenvalue weighted by atomic mass is 32.2. The van der Waals surface area contributed by atoms with Crippen LogP contribution in [-0.4, -0.2) is 11.5 Å². The second kappa shape index (κ2) is 6.66. The van der Waals surface area contributed by atoms with Gasteiger partial charge in [0, 0.05) is 11.3 Å². The minimum Gasteiger partial charge on any atom is -0.300 e. The number of ketones is 1. The van der Waals surface area contributed by atoms with E-state index in [1.54, 1.807) is 19.1 Å². The smallest absolute Gasteiger partial charge is 0.288 e. The predicted molar refractivity (Wildman–Crippen MR) is 78.1 cm³/mol. The van der Waals surface area contributed by atoms with Gasteiger partial charge in [0.25, 0.3) is 5.76 Å². The molecule has 0 amide bonds. The van der Waals surface area contributed by atoms with E-state index in [4.69, 9.17) is 0 Å². The molecule has 0 saturated carbocycles. The highest BCUT2D eigenvalue weighted by Crippen LogP contribution is 2.28. The first-order valence-electron chi connectivity index (χ1n) is 6.18. The third-order valence-electron chi connectivity index (χ3n) is 2.82. The molecule has 0 heterocycles. The molecule has 0 spiro atoms. The van der Waals surface area contributed by atoms with Crippen LogP contribution in [0, 0.1) is 0 Å². The van der Waals surface area contributed by atoms with Crippen molar-refractivity contribution in [2.24, 2.45) is 0 Å². The Kier molecular flexibility index (Phi) is 4.90. The number of rotatable bonds is 5. The van der Waals surface area contributed by atoms with Gasteiger partial charge in [-0.1, -0.05) is 48.2 Å². The molecule has 0 radical (unpaired) electrons. The van der Waals surface area contributed by atoms with Crippen LogP contribution in [0.4, 0.5) is 8.78 Å². The summed E-state index contributed by atoms with van der Waals surface area (Å²) >= 11 is 0.541. The van der Waals surface area contributed by atoms with Crippen molar-refractivity contribution in [2.45, 2.75) is 24.0 Å². The maximum absolute atomic E-state index is 12.2. The third-order valence-corrected chi connectivity index (χ3v) is 3.54. The van der Waals surface area contributed by atoms with E-state index in [9.17, 15) is 13.6 Å². The number of carbonyl (C=O) groups excluding carboxylic acids is 1. The van der Waals surface area contributed by atoms with E-state index in [1.165, 1.54) is 0 Å². The number of thioether (sulfide) groups is 1. The summed E-state index contributed by atoms with van der Waals surface area (Å²) in [6.07, 6.45) is 0.435. The van der Waals surface area contributed by atoms with Crippen molar-refractivity contribution in [3.8, 4) is 11.1 Å². The van der Waals surface area contributed by atoms with Gasteiger partial charge in [0.1, 0.15) is 5.78 Å². The molecule has 0 aliphatic heterocycles. The lowest BCUT2D eigenvalue weighted by Crippen LogP contribution is -1.95. The molecule has 0 atom stereocenters. The monoisotopic (exact) mass is 292 g/mol. The first-order valence-corrected chi connectivity index (χ1v) is 7.06. The van der Waals surface area contributed by atoms with E-state index in [0.717, 1.165) is 16.7 Å². The van der Waals surface area contributed by atoms with Crippen molar-refractivity contribution in [2.75, 3.05) is 0 Å². The van der Waals surface area contributed by atoms with Crippen LogP contribution in [0.3, 0.4) is 0 Å². The Morgan fingerprint density at radius 3 is 1.95 bits per heavy atom. The quantitative estimate of drug-likeness (QED) is 0.736. The van der Waals surface area contributed by atoms with Gasteiger partial charge in [0.15, 0.2) is 0 Å². The zero-order valence-corrected chi connectivity index (χ0v) is 11.8. The average molecular weight is 292 g/mol. The van der Waals surface area contributed by atoms with E-state index in [0.29, 0.717) is 23.1 Å². The predicted octanol–water partition coefficient (Wildman–Crippen LogP) is 4.80. The fourth-order valence-corrected chi connectivity index (χ4v) is 2.43. The molecule has 2 aromatic carbocycles. The van der Waals surface area contributed by atoms with Crippen molar-refractivity contribution >= 4 is 17.5 Å². The average Bonchev–Trinajstić information content (AvgIpc) is 2.39. The second-order valence-corrected chi connectivity index (χ2v) is 5.54. The number of Topliss-reactive ketones (excluding diaryl/α,β-unsaturated/α-hetero) is 1. The zero-order valence-electron chi connectivity index (χ0n) is 11.0. The van der Waals surface area contributed by atoms with Crippen LogP contribution < -0.4 is 0 Å². The molecule has 2 rings (SSSR count).